The number of piperidine rings is 1. The maximum atomic E-state index is 14.4. The molecule has 3 aliphatic rings. The van der Waals surface area contributed by atoms with Gasteiger partial charge in [0, 0.05) is 13.1 Å². The molecule has 12 nitrogen and oxygen atoms in total. The van der Waals surface area contributed by atoms with Gasteiger partial charge in [0.2, 0.25) is 5.91 Å². The van der Waals surface area contributed by atoms with Crippen LogP contribution in [-0.4, -0.2) is 85.8 Å². The lowest BCUT2D eigenvalue weighted by Gasteiger charge is -2.37. The van der Waals surface area contributed by atoms with E-state index >= 15 is 0 Å². The molecule has 3 aliphatic heterocycles. The Morgan fingerprint density at radius 2 is 1.07 bits per heavy atom. The molecule has 2 aromatic heterocycles. The van der Waals surface area contributed by atoms with Crippen molar-refractivity contribution in [2.45, 2.75) is 69.1 Å². The minimum absolute atomic E-state index is 0.0806. The first kappa shape index (κ1) is 39.9. The third-order valence-corrected chi connectivity index (χ3v) is 12.6. The van der Waals surface area contributed by atoms with Crippen LogP contribution in [0.2, 0.25) is 0 Å². The van der Waals surface area contributed by atoms with Gasteiger partial charge in [-0.2, -0.15) is 0 Å². The van der Waals surface area contributed by atoms with Crippen molar-refractivity contribution in [3.8, 4) is 33.6 Å². The number of methoxy groups -OCH3 is 1. The lowest BCUT2D eigenvalue weighted by Crippen LogP contribution is -2.44. The number of H-pyrrole nitrogens is 2. The molecule has 312 valence electrons. The largest absolute Gasteiger partial charge is 0.453 e. The second-order valence-corrected chi connectivity index (χ2v) is 16.3. The predicted molar refractivity (Wildman–Crippen MR) is 234 cm³/mol. The number of benzene rings is 4. The minimum Gasteiger partial charge on any atom is -0.453 e. The molecular weight excluding hydrogens is 765 g/mol. The average molecular weight is 817 g/mol. The van der Waals surface area contributed by atoms with Crippen molar-refractivity contribution < 1.29 is 19.1 Å². The standard InChI is InChI=1S/C49H52N8O4/c1-61-49(60)54-43(37-13-5-2-6-14-37)47(58)56-29-11-17-41(56)45-50-31-39(52-45)35-23-19-33(20-24-35)34-21-25-36(26-22-34)40-32-51-46(53-40)42-18-12-30-57(42)48(59)44(38-15-7-3-8-16-38)55-27-9-4-10-28-55/h2-3,5-8,13-16,19-26,31-32,41-44H,4,9-12,17-18,27-30H2,1H3,(H,50,52)(H,51,53)(H,54,60)/t41-,42-,43+,44+/m0/s1. The van der Waals surface area contributed by atoms with Crippen LogP contribution in [0.3, 0.4) is 0 Å². The van der Waals surface area contributed by atoms with Crippen molar-refractivity contribution in [3.63, 3.8) is 0 Å². The summed E-state index contributed by atoms with van der Waals surface area (Å²) >= 11 is 0. The molecule has 0 unspecified atom stereocenters. The number of likely N-dealkylation sites (tertiary alicyclic amines) is 3. The van der Waals surface area contributed by atoms with E-state index in [9.17, 15) is 14.4 Å². The van der Waals surface area contributed by atoms with E-state index in [0.717, 1.165) is 103 Å². The van der Waals surface area contributed by atoms with E-state index in [1.165, 1.54) is 13.5 Å². The number of hydrogen-bond acceptors (Lipinski definition) is 7. The summed E-state index contributed by atoms with van der Waals surface area (Å²) in [5.41, 5.74) is 7.74. The maximum Gasteiger partial charge on any atom is 0.407 e. The zero-order valence-corrected chi connectivity index (χ0v) is 34.5. The molecule has 3 N–H and O–H groups in total. The number of ether oxygens (including phenoxy) is 1. The van der Waals surface area contributed by atoms with E-state index in [-0.39, 0.29) is 29.9 Å². The Morgan fingerprint density at radius 1 is 0.590 bits per heavy atom. The Kier molecular flexibility index (Phi) is 11.8. The molecule has 0 radical (unpaired) electrons. The zero-order chi connectivity index (χ0) is 41.7. The van der Waals surface area contributed by atoms with Crippen LogP contribution in [0, 0.1) is 0 Å². The molecule has 4 atom stereocenters. The highest BCUT2D eigenvalue weighted by Crippen LogP contribution is 2.38. The summed E-state index contributed by atoms with van der Waals surface area (Å²) in [5.74, 6) is 1.53. The number of carbonyl (C=O) groups is 3. The van der Waals surface area contributed by atoms with Crippen molar-refractivity contribution in [3.05, 3.63) is 144 Å². The van der Waals surface area contributed by atoms with Gasteiger partial charge in [-0.3, -0.25) is 14.5 Å². The van der Waals surface area contributed by atoms with Gasteiger partial charge in [0.05, 0.1) is 43.0 Å². The van der Waals surface area contributed by atoms with Crippen LogP contribution in [0.1, 0.15) is 91.9 Å². The molecule has 3 amide bonds. The number of imidazole rings is 2. The fraction of sp³-hybridized carbons (Fsp3) is 0.327. The summed E-state index contributed by atoms with van der Waals surface area (Å²) in [6.45, 7) is 3.19. The number of amides is 3. The Morgan fingerprint density at radius 3 is 1.57 bits per heavy atom. The molecule has 0 saturated carbocycles. The molecule has 0 bridgehead atoms. The lowest BCUT2D eigenvalue weighted by molar-refractivity contribution is -0.139. The number of nitrogens with zero attached hydrogens (tertiary/aromatic N) is 5. The van der Waals surface area contributed by atoms with Crippen LogP contribution in [0.25, 0.3) is 33.6 Å². The first-order valence-corrected chi connectivity index (χ1v) is 21.6. The smallest absolute Gasteiger partial charge is 0.407 e. The maximum absolute atomic E-state index is 14.4. The third-order valence-electron chi connectivity index (χ3n) is 12.6. The Hall–Kier alpha value is -6.53. The van der Waals surface area contributed by atoms with Gasteiger partial charge < -0.3 is 29.8 Å². The van der Waals surface area contributed by atoms with E-state index in [4.69, 9.17) is 14.7 Å². The number of hydrogen-bond donors (Lipinski definition) is 3. The summed E-state index contributed by atoms with van der Waals surface area (Å²) in [6.07, 6.45) is 9.95. The van der Waals surface area contributed by atoms with Gasteiger partial charge in [0.15, 0.2) is 0 Å². The average Bonchev–Trinajstić information content (AvgIpc) is 4.17. The SMILES string of the molecule is COC(=O)N[C@@H](C(=O)N1CCC[C@H]1c1ncc(-c2ccc(-c3ccc(-c4cnc([C@@H]5CCCN5C(=O)[C@@H](c5ccccc5)N5CCCCC5)[nH]4)cc3)cc2)[nH]1)c1ccccc1. The van der Waals surface area contributed by atoms with Crippen molar-refractivity contribution in [1.29, 1.82) is 0 Å². The lowest BCUT2D eigenvalue weighted by atomic mass is 10.00. The van der Waals surface area contributed by atoms with Gasteiger partial charge in [-0.05, 0) is 85.0 Å². The van der Waals surface area contributed by atoms with Crippen molar-refractivity contribution >= 4 is 17.9 Å². The van der Waals surface area contributed by atoms with E-state index < -0.39 is 12.1 Å². The Bertz CT molecular complexity index is 2430. The van der Waals surface area contributed by atoms with Gasteiger partial charge >= 0.3 is 6.09 Å². The second kappa shape index (κ2) is 18.0. The molecule has 0 aliphatic carbocycles. The number of aromatic amines is 2. The predicted octanol–water partition coefficient (Wildman–Crippen LogP) is 8.79. The number of aromatic nitrogens is 4. The number of rotatable bonds is 11. The molecule has 4 aromatic carbocycles. The fourth-order valence-corrected chi connectivity index (χ4v) is 9.37. The molecular formula is C49H52N8O4. The minimum atomic E-state index is -0.870. The highest BCUT2D eigenvalue weighted by molar-refractivity contribution is 5.87. The van der Waals surface area contributed by atoms with Gasteiger partial charge in [-0.25, -0.2) is 14.8 Å². The van der Waals surface area contributed by atoms with E-state index in [1.807, 2.05) is 60.9 Å². The molecule has 3 saturated heterocycles. The van der Waals surface area contributed by atoms with Crippen LogP contribution < -0.4 is 5.32 Å². The highest BCUT2D eigenvalue weighted by Gasteiger charge is 2.39. The molecule has 61 heavy (non-hydrogen) atoms. The Balaban J connectivity index is 0.860. The van der Waals surface area contributed by atoms with Gasteiger partial charge in [-0.1, -0.05) is 116 Å². The molecule has 9 rings (SSSR count). The van der Waals surface area contributed by atoms with Crippen LogP contribution in [0.15, 0.2) is 122 Å². The molecule has 12 heteroatoms. The number of carbonyl (C=O) groups excluding carboxylic acids is 3. The van der Waals surface area contributed by atoms with Crippen LogP contribution >= 0.6 is 0 Å². The number of nitrogens with one attached hydrogen (secondary N) is 3. The molecule has 5 heterocycles. The summed E-state index contributed by atoms with van der Waals surface area (Å²) in [7, 11) is 1.29. The summed E-state index contributed by atoms with van der Waals surface area (Å²) < 4.78 is 4.84. The van der Waals surface area contributed by atoms with Crippen LogP contribution in [0.4, 0.5) is 4.79 Å². The fourth-order valence-electron chi connectivity index (χ4n) is 9.37. The highest BCUT2D eigenvalue weighted by atomic mass is 16.5. The van der Waals surface area contributed by atoms with Crippen LogP contribution in [-0.2, 0) is 14.3 Å². The topological polar surface area (TPSA) is 140 Å². The number of alkyl carbamates (subject to hydrolysis) is 1. The first-order valence-electron chi connectivity index (χ1n) is 21.6. The van der Waals surface area contributed by atoms with Crippen molar-refractivity contribution in [2.24, 2.45) is 0 Å². The van der Waals surface area contributed by atoms with E-state index in [2.05, 4.69) is 85.7 Å². The Labute approximate surface area is 356 Å². The van der Waals surface area contributed by atoms with Crippen molar-refractivity contribution in [1.82, 2.24) is 40.0 Å². The molecule has 3 fully saturated rings. The molecule has 0 spiro atoms. The molecule has 6 aromatic rings. The van der Waals surface area contributed by atoms with Gasteiger partial charge in [-0.15, -0.1) is 0 Å². The van der Waals surface area contributed by atoms with Gasteiger partial charge in [0.1, 0.15) is 23.7 Å². The van der Waals surface area contributed by atoms with E-state index in [1.54, 1.807) is 4.90 Å². The van der Waals surface area contributed by atoms with Gasteiger partial charge in [0.25, 0.3) is 5.91 Å². The first-order chi connectivity index (χ1) is 29.9. The van der Waals surface area contributed by atoms with E-state index in [0.29, 0.717) is 17.9 Å². The van der Waals surface area contributed by atoms with Crippen LogP contribution in [0.5, 0.6) is 0 Å². The third kappa shape index (κ3) is 8.45. The monoisotopic (exact) mass is 816 g/mol. The summed E-state index contributed by atoms with van der Waals surface area (Å²) in [6, 6.07) is 34.8. The second-order valence-electron chi connectivity index (χ2n) is 16.3. The quantitative estimate of drug-likeness (QED) is 0.119. The summed E-state index contributed by atoms with van der Waals surface area (Å²) in [5, 5.41) is 2.72. The van der Waals surface area contributed by atoms with Crippen molar-refractivity contribution in [2.75, 3.05) is 33.3 Å². The normalized spacial score (nSPS) is 19.1. The zero-order valence-electron chi connectivity index (χ0n) is 34.5. The summed E-state index contributed by atoms with van der Waals surface area (Å²) in [4.78, 5) is 63.4.